The maximum Gasteiger partial charge on any atom is 0.252 e. The summed E-state index contributed by atoms with van der Waals surface area (Å²) in [5, 5.41) is 1.79. The summed E-state index contributed by atoms with van der Waals surface area (Å²) in [4.78, 5) is 2.25. The molecule has 0 N–H and O–H groups in total. The molecule has 0 bridgehead atoms. The third-order valence-electron chi connectivity index (χ3n) is 3.21. The molecule has 1 aliphatic heterocycles. The molecule has 2 rings (SSSR count). The highest BCUT2D eigenvalue weighted by molar-refractivity contribution is 7.91. The van der Waals surface area contributed by atoms with E-state index in [0.29, 0.717) is 17.3 Å². The van der Waals surface area contributed by atoms with Gasteiger partial charge in [0.15, 0.2) is 0 Å². The molecule has 0 radical (unpaired) electrons. The third kappa shape index (κ3) is 3.76. The molecule has 1 saturated heterocycles. The second-order valence-electron chi connectivity index (χ2n) is 4.38. The van der Waals surface area contributed by atoms with Crippen LogP contribution in [0, 0.1) is 0 Å². The van der Waals surface area contributed by atoms with Gasteiger partial charge in [0.2, 0.25) is 0 Å². The number of ether oxygens (including phenoxy) is 1. The molecule has 0 spiro atoms. The van der Waals surface area contributed by atoms with Crippen molar-refractivity contribution >= 4 is 21.4 Å². The van der Waals surface area contributed by atoms with Crippen LogP contribution < -0.4 is 0 Å². The van der Waals surface area contributed by atoms with Gasteiger partial charge in [-0.05, 0) is 11.4 Å². The minimum absolute atomic E-state index is 0.427. The first-order chi connectivity index (χ1) is 9.14. The van der Waals surface area contributed by atoms with E-state index in [9.17, 15) is 8.42 Å². The smallest absolute Gasteiger partial charge is 0.252 e. The number of hydrogen-bond donors (Lipinski definition) is 0. The Labute approximate surface area is 118 Å². The first-order valence-corrected chi connectivity index (χ1v) is 8.80. The Morgan fingerprint density at radius 1 is 1.42 bits per heavy atom. The molecule has 1 fully saturated rings. The Kier molecular flexibility index (Phi) is 5.35. The van der Waals surface area contributed by atoms with Crippen LogP contribution in [0.3, 0.4) is 0 Å². The molecule has 7 heteroatoms. The van der Waals surface area contributed by atoms with Crippen LogP contribution in [0.5, 0.6) is 0 Å². The molecular weight excluding hydrogens is 284 g/mol. The van der Waals surface area contributed by atoms with Crippen molar-refractivity contribution in [2.45, 2.75) is 11.1 Å². The first-order valence-electron chi connectivity index (χ1n) is 6.48. The SMILES string of the molecule is CCN(CCN1CCOCC1)S(=O)(=O)c1cccs1. The van der Waals surface area contributed by atoms with Gasteiger partial charge in [-0.2, -0.15) is 4.31 Å². The van der Waals surface area contributed by atoms with Crippen molar-refractivity contribution in [3.63, 3.8) is 0 Å². The molecule has 0 aliphatic carbocycles. The van der Waals surface area contributed by atoms with Crippen LogP contribution in [0.1, 0.15) is 6.92 Å². The van der Waals surface area contributed by atoms with Gasteiger partial charge in [-0.3, -0.25) is 4.90 Å². The standard InChI is InChI=1S/C12H20N2O3S2/c1-2-14(6-5-13-7-9-17-10-8-13)19(15,16)12-4-3-11-18-12/h3-4,11H,2,5-10H2,1H3. The number of thiophene rings is 1. The highest BCUT2D eigenvalue weighted by Gasteiger charge is 2.24. The first kappa shape index (κ1) is 14.9. The van der Waals surface area contributed by atoms with E-state index in [2.05, 4.69) is 4.90 Å². The molecule has 19 heavy (non-hydrogen) atoms. The minimum atomic E-state index is -3.31. The number of hydrogen-bond acceptors (Lipinski definition) is 5. The summed E-state index contributed by atoms with van der Waals surface area (Å²) in [6, 6.07) is 3.44. The van der Waals surface area contributed by atoms with Crippen molar-refractivity contribution in [1.29, 1.82) is 0 Å². The van der Waals surface area contributed by atoms with Crippen molar-refractivity contribution in [3.05, 3.63) is 17.5 Å². The highest BCUT2D eigenvalue weighted by Crippen LogP contribution is 2.20. The van der Waals surface area contributed by atoms with Gasteiger partial charge in [0.05, 0.1) is 13.2 Å². The van der Waals surface area contributed by atoms with Crippen LogP contribution in [0.15, 0.2) is 21.7 Å². The van der Waals surface area contributed by atoms with E-state index in [1.807, 2.05) is 6.92 Å². The Morgan fingerprint density at radius 2 is 2.16 bits per heavy atom. The predicted molar refractivity (Wildman–Crippen MR) is 76.0 cm³/mol. The normalized spacial score (nSPS) is 18.0. The van der Waals surface area contributed by atoms with Crippen LogP contribution in [0.4, 0.5) is 0 Å². The molecule has 1 aromatic rings. The second-order valence-corrected chi connectivity index (χ2v) is 7.50. The van der Waals surface area contributed by atoms with Gasteiger partial charge in [-0.1, -0.05) is 13.0 Å². The van der Waals surface area contributed by atoms with E-state index in [0.717, 1.165) is 32.8 Å². The number of nitrogens with zero attached hydrogens (tertiary/aromatic N) is 2. The highest BCUT2D eigenvalue weighted by atomic mass is 32.2. The molecule has 0 unspecified atom stereocenters. The maximum absolute atomic E-state index is 12.4. The summed E-state index contributed by atoms with van der Waals surface area (Å²) in [5.41, 5.74) is 0. The predicted octanol–water partition coefficient (Wildman–Crippen LogP) is 1.09. The summed E-state index contributed by atoms with van der Waals surface area (Å²) in [5.74, 6) is 0. The van der Waals surface area contributed by atoms with E-state index in [1.54, 1.807) is 21.8 Å². The number of sulfonamides is 1. The van der Waals surface area contributed by atoms with Crippen molar-refractivity contribution in [1.82, 2.24) is 9.21 Å². The zero-order valence-corrected chi connectivity index (χ0v) is 12.8. The Bertz CT molecular complexity index is 467. The van der Waals surface area contributed by atoms with Gasteiger partial charge in [-0.15, -0.1) is 11.3 Å². The summed E-state index contributed by atoms with van der Waals surface area (Å²) >= 11 is 1.27. The molecular formula is C12H20N2O3S2. The van der Waals surface area contributed by atoms with Gasteiger partial charge >= 0.3 is 0 Å². The zero-order chi connectivity index (χ0) is 13.7. The lowest BCUT2D eigenvalue weighted by molar-refractivity contribution is 0.0364. The lowest BCUT2D eigenvalue weighted by Gasteiger charge is -2.29. The average Bonchev–Trinajstić information content (AvgIpc) is 2.95. The van der Waals surface area contributed by atoms with Crippen LogP contribution in [0.25, 0.3) is 0 Å². The van der Waals surface area contributed by atoms with Crippen LogP contribution >= 0.6 is 11.3 Å². The lowest BCUT2D eigenvalue weighted by atomic mass is 10.4. The summed E-state index contributed by atoms with van der Waals surface area (Å²) in [6.45, 7) is 6.94. The fourth-order valence-electron chi connectivity index (χ4n) is 2.06. The molecule has 5 nitrogen and oxygen atoms in total. The zero-order valence-electron chi connectivity index (χ0n) is 11.1. The van der Waals surface area contributed by atoms with Crippen molar-refractivity contribution in [2.24, 2.45) is 0 Å². The Hall–Kier alpha value is -0.470. The van der Waals surface area contributed by atoms with E-state index < -0.39 is 10.0 Å². The Balaban J connectivity index is 1.96. The van der Waals surface area contributed by atoms with Crippen molar-refractivity contribution < 1.29 is 13.2 Å². The molecule has 0 aromatic carbocycles. The third-order valence-corrected chi connectivity index (χ3v) is 6.56. The summed E-state index contributed by atoms with van der Waals surface area (Å²) < 4.78 is 32.0. The van der Waals surface area contributed by atoms with Crippen LogP contribution in [0.2, 0.25) is 0 Å². The van der Waals surface area contributed by atoms with E-state index in [1.165, 1.54) is 11.3 Å². The molecule has 1 aromatic heterocycles. The summed E-state index contributed by atoms with van der Waals surface area (Å²) in [6.07, 6.45) is 0. The summed E-state index contributed by atoms with van der Waals surface area (Å²) in [7, 11) is -3.31. The molecule has 2 heterocycles. The van der Waals surface area contributed by atoms with Crippen molar-refractivity contribution in [2.75, 3.05) is 45.9 Å². The van der Waals surface area contributed by atoms with Crippen molar-refractivity contribution in [3.8, 4) is 0 Å². The second kappa shape index (κ2) is 6.81. The maximum atomic E-state index is 12.4. The minimum Gasteiger partial charge on any atom is -0.379 e. The van der Waals surface area contributed by atoms with E-state index in [-0.39, 0.29) is 0 Å². The Morgan fingerprint density at radius 3 is 2.74 bits per heavy atom. The quantitative estimate of drug-likeness (QED) is 0.789. The fraction of sp³-hybridized carbons (Fsp3) is 0.667. The molecule has 0 amide bonds. The molecule has 1 aliphatic rings. The molecule has 0 saturated carbocycles. The van der Waals surface area contributed by atoms with Gasteiger partial charge in [0.25, 0.3) is 10.0 Å². The van der Waals surface area contributed by atoms with Gasteiger partial charge in [-0.25, -0.2) is 8.42 Å². The molecule has 0 atom stereocenters. The largest absolute Gasteiger partial charge is 0.379 e. The van der Waals surface area contributed by atoms with Gasteiger partial charge < -0.3 is 4.74 Å². The van der Waals surface area contributed by atoms with Crippen LogP contribution in [-0.4, -0.2) is 63.6 Å². The number of morpholine rings is 1. The van der Waals surface area contributed by atoms with E-state index in [4.69, 9.17) is 4.74 Å². The fourth-order valence-corrected chi connectivity index (χ4v) is 4.65. The molecule has 108 valence electrons. The van der Waals surface area contributed by atoms with Gasteiger partial charge in [0.1, 0.15) is 4.21 Å². The van der Waals surface area contributed by atoms with Gasteiger partial charge in [0, 0.05) is 32.7 Å². The number of rotatable bonds is 6. The number of likely N-dealkylation sites (N-methyl/N-ethyl adjacent to an activating group) is 1. The average molecular weight is 304 g/mol. The topological polar surface area (TPSA) is 49.9 Å². The monoisotopic (exact) mass is 304 g/mol. The van der Waals surface area contributed by atoms with E-state index >= 15 is 0 Å². The lowest BCUT2D eigenvalue weighted by Crippen LogP contribution is -2.42. The van der Waals surface area contributed by atoms with Crippen LogP contribution in [-0.2, 0) is 14.8 Å².